The van der Waals surface area contributed by atoms with Gasteiger partial charge in [0.05, 0.1) is 0 Å². The maximum Gasteiger partial charge on any atom is -0.00524 e. The Bertz CT molecular complexity index is 371. The molecule has 2 rings (SSSR count). The number of rotatable bonds is 2. The molecule has 0 spiro atoms. The maximum absolute atomic E-state index is 3.41. The van der Waals surface area contributed by atoms with Crippen LogP contribution in [0, 0.1) is 12.2 Å². The minimum Gasteiger partial charge on any atom is -0.0585 e. The average Bonchev–Trinajstić information content (AvgIpc) is 2.68. The van der Waals surface area contributed by atoms with Crippen LogP contribution in [0.4, 0.5) is 0 Å². The normalized spacial score (nSPS) is 21.3. The highest BCUT2D eigenvalue weighted by Gasteiger charge is 2.16. The minimum absolute atomic E-state index is 1.04. The summed E-state index contributed by atoms with van der Waals surface area (Å²) in [6.07, 6.45) is 10.0. The monoisotopic (exact) mass is 198 g/mol. The van der Waals surface area contributed by atoms with Gasteiger partial charge in [-0.05, 0) is 81.4 Å². The van der Waals surface area contributed by atoms with Gasteiger partial charge in [0.2, 0.25) is 0 Å². The summed E-state index contributed by atoms with van der Waals surface area (Å²) in [7, 11) is 0. The second-order valence-corrected chi connectivity index (χ2v) is 4.59. The first kappa shape index (κ1) is 10.5. The van der Waals surface area contributed by atoms with Crippen LogP contribution in [0.5, 0.6) is 0 Å². The lowest BCUT2D eigenvalue weighted by Gasteiger charge is -2.08. The van der Waals surface area contributed by atoms with Crippen molar-refractivity contribution in [2.24, 2.45) is 0 Å². The predicted molar refractivity (Wildman–Crippen MR) is 64.1 cm³/mol. The summed E-state index contributed by atoms with van der Waals surface area (Å²) in [6, 6.07) is 0. The lowest BCUT2D eigenvalue weighted by Crippen LogP contribution is -1.89. The molecule has 0 unspecified atom stereocenters. The van der Waals surface area contributed by atoms with E-state index >= 15 is 0 Å². The van der Waals surface area contributed by atoms with Crippen molar-refractivity contribution >= 4 is 0 Å². The largest absolute Gasteiger partial charge is 0.0585 e. The van der Waals surface area contributed by atoms with Crippen molar-refractivity contribution in [3.8, 4) is 0 Å². The molecule has 0 aromatic carbocycles. The van der Waals surface area contributed by atoms with E-state index in [9.17, 15) is 0 Å². The van der Waals surface area contributed by atoms with Gasteiger partial charge < -0.3 is 0 Å². The third kappa shape index (κ3) is 1.86. The van der Waals surface area contributed by atoms with Gasteiger partial charge in [-0.15, -0.1) is 0 Å². The first-order valence-corrected chi connectivity index (χ1v) is 5.62. The molecule has 2 radical (unpaired) electrons. The topological polar surface area (TPSA) is 0 Å². The second-order valence-electron chi connectivity index (χ2n) is 4.59. The number of hydrogen-bond acceptors (Lipinski definition) is 0. The Kier molecular flexibility index (Phi) is 2.68. The van der Waals surface area contributed by atoms with Crippen molar-refractivity contribution in [1.29, 1.82) is 0 Å². The van der Waals surface area contributed by atoms with Gasteiger partial charge in [-0.3, -0.25) is 0 Å². The van der Waals surface area contributed by atoms with E-state index in [0.717, 1.165) is 19.3 Å². The number of allylic oxidation sites excluding steroid dienone is 8. The molecule has 0 heterocycles. The van der Waals surface area contributed by atoms with Crippen LogP contribution in [0.2, 0.25) is 0 Å². The standard InChI is InChI=1S/C15H18/c1-10-5-7-14(12(10)3)9-15-8-6-11(2)13(15)4/h7-9H2,1-4H3. The van der Waals surface area contributed by atoms with Gasteiger partial charge in [0, 0.05) is 0 Å². The molecule has 15 heavy (non-hydrogen) atoms. The Balaban J connectivity index is 2.14. The molecule has 0 N–H and O–H groups in total. The van der Waals surface area contributed by atoms with Gasteiger partial charge in [0.1, 0.15) is 0 Å². The molecule has 0 aliphatic heterocycles. The van der Waals surface area contributed by atoms with Crippen molar-refractivity contribution in [3.63, 3.8) is 0 Å². The summed E-state index contributed by atoms with van der Waals surface area (Å²) in [4.78, 5) is 0. The highest BCUT2D eigenvalue weighted by Crippen LogP contribution is 2.34. The molecule has 2 aliphatic carbocycles. The average molecular weight is 198 g/mol. The quantitative estimate of drug-likeness (QED) is 0.620. The Labute approximate surface area is 93.1 Å². The molecular weight excluding hydrogens is 180 g/mol. The van der Waals surface area contributed by atoms with Crippen LogP contribution < -0.4 is 0 Å². The van der Waals surface area contributed by atoms with Crippen LogP contribution in [0.1, 0.15) is 47.0 Å². The zero-order chi connectivity index (χ0) is 11.0. The molecule has 78 valence electrons. The summed E-state index contributed by atoms with van der Waals surface area (Å²) in [6.45, 7) is 8.76. The number of hydrogen-bond donors (Lipinski definition) is 0. The van der Waals surface area contributed by atoms with Gasteiger partial charge in [0.15, 0.2) is 0 Å². The van der Waals surface area contributed by atoms with E-state index in [1.54, 1.807) is 11.1 Å². The fourth-order valence-electron chi connectivity index (χ4n) is 2.19. The van der Waals surface area contributed by atoms with Crippen molar-refractivity contribution in [2.45, 2.75) is 47.0 Å². The molecule has 2 aliphatic rings. The van der Waals surface area contributed by atoms with Crippen molar-refractivity contribution < 1.29 is 0 Å². The summed E-state index contributed by atoms with van der Waals surface area (Å²) in [5.74, 6) is 0. The fourth-order valence-corrected chi connectivity index (χ4v) is 2.19. The van der Waals surface area contributed by atoms with Crippen LogP contribution >= 0.6 is 0 Å². The molecule has 0 fully saturated rings. The SMILES string of the molecule is CC1=[C]CC(CC2=C(C)C(C)=[C]C2)=C1C. The zero-order valence-electron chi connectivity index (χ0n) is 10.1. The van der Waals surface area contributed by atoms with E-state index in [-0.39, 0.29) is 0 Å². The molecule has 0 saturated heterocycles. The highest BCUT2D eigenvalue weighted by atomic mass is 14.2. The van der Waals surface area contributed by atoms with E-state index < -0.39 is 0 Å². The van der Waals surface area contributed by atoms with E-state index in [0.29, 0.717) is 0 Å². The van der Waals surface area contributed by atoms with Crippen molar-refractivity contribution in [1.82, 2.24) is 0 Å². The maximum atomic E-state index is 3.41. The molecule has 0 bridgehead atoms. The summed E-state index contributed by atoms with van der Waals surface area (Å²) in [5.41, 5.74) is 8.71. The summed E-state index contributed by atoms with van der Waals surface area (Å²) < 4.78 is 0. The summed E-state index contributed by atoms with van der Waals surface area (Å²) in [5, 5.41) is 0. The van der Waals surface area contributed by atoms with Crippen LogP contribution in [0.15, 0.2) is 33.4 Å². The third-order valence-electron chi connectivity index (χ3n) is 3.75. The van der Waals surface area contributed by atoms with Gasteiger partial charge in [0.25, 0.3) is 0 Å². The molecule has 0 saturated carbocycles. The molecule has 0 nitrogen and oxygen atoms in total. The van der Waals surface area contributed by atoms with E-state index in [4.69, 9.17) is 0 Å². The predicted octanol–water partition coefficient (Wildman–Crippen LogP) is 4.32. The Morgan fingerprint density at radius 3 is 1.47 bits per heavy atom. The second kappa shape index (κ2) is 3.84. The Morgan fingerprint density at radius 2 is 1.20 bits per heavy atom. The van der Waals surface area contributed by atoms with E-state index in [2.05, 4.69) is 39.8 Å². The lowest BCUT2D eigenvalue weighted by atomic mass is 9.97. The molecule has 0 heteroatoms. The zero-order valence-corrected chi connectivity index (χ0v) is 10.1. The smallest absolute Gasteiger partial charge is 0.00524 e. The first-order valence-electron chi connectivity index (χ1n) is 5.62. The minimum atomic E-state index is 1.04. The lowest BCUT2D eigenvalue weighted by molar-refractivity contribution is 0.988. The highest BCUT2D eigenvalue weighted by molar-refractivity contribution is 5.44. The van der Waals surface area contributed by atoms with Crippen LogP contribution in [0.25, 0.3) is 0 Å². The molecule has 0 aromatic heterocycles. The van der Waals surface area contributed by atoms with Gasteiger partial charge in [-0.25, -0.2) is 0 Å². The fraction of sp³-hybridized carbons (Fsp3) is 0.467. The van der Waals surface area contributed by atoms with E-state index in [1.165, 1.54) is 22.3 Å². The first-order chi connectivity index (χ1) is 7.09. The Hall–Kier alpha value is -1.04. The van der Waals surface area contributed by atoms with Gasteiger partial charge in [-0.1, -0.05) is 11.1 Å². The molecule has 0 amide bonds. The third-order valence-corrected chi connectivity index (χ3v) is 3.75. The Morgan fingerprint density at radius 1 is 0.800 bits per heavy atom. The van der Waals surface area contributed by atoms with Crippen LogP contribution in [-0.2, 0) is 0 Å². The molecule has 0 atom stereocenters. The summed E-state index contributed by atoms with van der Waals surface area (Å²) >= 11 is 0. The molecular formula is C15H18. The molecule has 0 aromatic rings. The van der Waals surface area contributed by atoms with Crippen LogP contribution in [0.3, 0.4) is 0 Å². The van der Waals surface area contributed by atoms with E-state index in [1.807, 2.05) is 0 Å². The van der Waals surface area contributed by atoms with Gasteiger partial charge in [-0.2, -0.15) is 0 Å². The van der Waals surface area contributed by atoms with Crippen molar-refractivity contribution in [3.05, 3.63) is 45.6 Å². The van der Waals surface area contributed by atoms with Gasteiger partial charge >= 0.3 is 0 Å². The van der Waals surface area contributed by atoms with Crippen LogP contribution in [-0.4, -0.2) is 0 Å². The van der Waals surface area contributed by atoms with Crippen molar-refractivity contribution in [2.75, 3.05) is 0 Å².